The number of nitrogens with two attached hydrogens (primary N) is 1. The van der Waals surface area contributed by atoms with Crippen molar-refractivity contribution < 1.29 is 5.11 Å². The molecule has 0 saturated heterocycles. The number of fused-ring (bicyclic) bond motifs is 1. The molecule has 0 bridgehead atoms. The van der Waals surface area contributed by atoms with E-state index in [4.69, 9.17) is 10.8 Å². The molecule has 0 amide bonds. The molecule has 2 rings (SSSR count). The van der Waals surface area contributed by atoms with Crippen molar-refractivity contribution in [1.29, 1.82) is 0 Å². The van der Waals surface area contributed by atoms with E-state index in [0.29, 0.717) is 11.2 Å². The van der Waals surface area contributed by atoms with E-state index in [1.807, 2.05) is 0 Å². The van der Waals surface area contributed by atoms with E-state index >= 15 is 0 Å². The lowest BCUT2D eigenvalue weighted by Crippen LogP contribution is -1.86. The Morgan fingerprint density at radius 2 is 2.27 bits per heavy atom. The van der Waals surface area contributed by atoms with Crippen LogP contribution in [0.25, 0.3) is 11.0 Å². The number of aromatic amines is 1. The number of benzene rings is 1. The number of nitrogens with one attached hydrogen (secondary N) is 1. The maximum absolute atomic E-state index is 9.16. The number of H-pyrrole nitrogens is 1. The van der Waals surface area contributed by atoms with Gasteiger partial charge in [0.15, 0.2) is 0 Å². The summed E-state index contributed by atoms with van der Waals surface area (Å²) < 4.78 is 0. The van der Waals surface area contributed by atoms with Gasteiger partial charge in [-0.1, -0.05) is 0 Å². The molecule has 4 heteroatoms. The van der Waals surface area contributed by atoms with Crippen LogP contribution in [0.15, 0.2) is 18.5 Å². The first-order valence-electron chi connectivity index (χ1n) is 3.19. The number of hydrogen-bond acceptors (Lipinski definition) is 3. The summed E-state index contributed by atoms with van der Waals surface area (Å²) in [4.78, 5) is 6.82. The fourth-order valence-electron chi connectivity index (χ4n) is 1.02. The zero-order valence-electron chi connectivity index (χ0n) is 5.70. The van der Waals surface area contributed by atoms with Gasteiger partial charge in [-0.2, -0.15) is 0 Å². The van der Waals surface area contributed by atoms with Gasteiger partial charge in [-0.3, -0.25) is 0 Å². The number of aromatic nitrogens is 2. The lowest BCUT2D eigenvalue weighted by molar-refractivity contribution is 0.478. The Bertz CT molecular complexity index is 393. The Balaban J connectivity index is 2.93. The van der Waals surface area contributed by atoms with Crippen molar-refractivity contribution in [2.45, 2.75) is 0 Å². The highest BCUT2D eigenvalue weighted by atomic mass is 16.3. The van der Waals surface area contributed by atoms with Crippen LogP contribution in [0.3, 0.4) is 0 Å². The van der Waals surface area contributed by atoms with Crippen LogP contribution in [0.1, 0.15) is 0 Å². The van der Waals surface area contributed by atoms with Gasteiger partial charge in [0.05, 0.1) is 11.8 Å². The third-order valence-corrected chi connectivity index (χ3v) is 1.61. The Morgan fingerprint density at radius 1 is 1.45 bits per heavy atom. The third-order valence-electron chi connectivity index (χ3n) is 1.61. The lowest BCUT2D eigenvalue weighted by Gasteiger charge is -1.96. The van der Waals surface area contributed by atoms with Crippen molar-refractivity contribution in [3.05, 3.63) is 18.5 Å². The van der Waals surface area contributed by atoms with Crippen molar-refractivity contribution in [1.82, 2.24) is 9.97 Å². The molecule has 0 radical (unpaired) electrons. The number of phenolic OH excluding ortho intramolecular Hbond substituents is 1. The van der Waals surface area contributed by atoms with E-state index < -0.39 is 0 Å². The summed E-state index contributed by atoms with van der Waals surface area (Å²) in [7, 11) is 0. The highest BCUT2D eigenvalue weighted by Crippen LogP contribution is 2.26. The summed E-state index contributed by atoms with van der Waals surface area (Å²) in [5.74, 6) is 0.0737. The molecule has 0 atom stereocenters. The van der Waals surface area contributed by atoms with Crippen LogP contribution in [0.2, 0.25) is 0 Å². The Labute approximate surface area is 62.7 Å². The highest BCUT2D eigenvalue weighted by Gasteiger charge is 2.03. The monoisotopic (exact) mass is 149 g/mol. The Morgan fingerprint density at radius 3 is 3.09 bits per heavy atom. The molecule has 2 aromatic rings. The zero-order valence-corrected chi connectivity index (χ0v) is 5.70. The molecule has 11 heavy (non-hydrogen) atoms. The molecule has 56 valence electrons. The summed E-state index contributed by atoms with van der Waals surface area (Å²) in [5, 5.41) is 9.16. The van der Waals surface area contributed by atoms with E-state index in [0.717, 1.165) is 5.52 Å². The minimum atomic E-state index is 0.0737. The van der Waals surface area contributed by atoms with E-state index in [2.05, 4.69) is 9.97 Å². The van der Waals surface area contributed by atoms with E-state index in [1.54, 1.807) is 12.4 Å². The molecule has 0 unspecified atom stereocenters. The predicted octanol–water partition coefficient (Wildman–Crippen LogP) is 0.851. The third kappa shape index (κ3) is 0.724. The van der Waals surface area contributed by atoms with Crippen LogP contribution < -0.4 is 5.73 Å². The maximum Gasteiger partial charge on any atom is 0.140 e. The first kappa shape index (κ1) is 6.03. The molecular formula is C7H7N3O. The molecule has 0 fully saturated rings. The van der Waals surface area contributed by atoms with Crippen molar-refractivity contribution in [3.8, 4) is 5.75 Å². The quantitative estimate of drug-likeness (QED) is 0.384. The van der Waals surface area contributed by atoms with Gasteiger partial charge in [0, 0.05) is 0 Å². The van der Waals surface area contributed by atoms with Gasteiger partial charge >= 0.3 is 0 Å². The molecular weight excluding hydrogens is 142 g/mol. The SMILES string of the molecule is Nc1c(O)ccc2[nH]cnc12. The lowest BCUT2D eigenvalue weighted by atomic mass is 10.2. The van der Waals surface area contributed by atoms with Crippen LogP contribution in [0.5, 0.6) is 5.75 Å². The Kier molecular flexibility index (Phi) is 1.03. The topological polar surface area (TPSA) is 74.9 Å². The predicted molar refractivity (Wildman–Crippen MR) is 42.2 cm³/mol. The van der Waals surface area contributed by atoms with Crippen LogP contribution in [0.4, 0.5) is 5.69 Å². The first-order chi connectivity index (χ1) is 5.29. The normalized spacial score (nSPS) is 10.5. The summed E-state index contributed by atoms with van der Waals surface area (Å²) >= 11 is 0. The highest BCUT2D eigenvalue weighted by molar-refractivity contribution is 5.89. The molecule has 0 aliphatic heterocycles. The molecule has 1 heterocycles. The van der Waals surface area contributed by atoms with Crippen LogP contribution in [-0.4, -0.2) is 15.1 Å². The average Bonchev–Trinajstić information content (AvgIpc) is 2.45. The minimum absolute atomic E-state index is 0.0737. The molecule has 0 aliphatic carbocycles. The number of rotatable bonds is 0. The van der Waals surface area contributed by atoms with Crippen LogP contribution in [-0.2, 0) is 0 Å². The van der Waals surface area contributed by atoms with Crippen molar-refractivity contribution in [2.24, 2.45) is 0 Å². The van der Waals surface area contributed by atoms with Gasteiger partial charge in [-0.15, -0.1) is 0 Å². The molecule has 0 aliphatic rings. The van der Waals surface area contributed by atoms with Gasteiger partial charge in [-0.05, 0) is 12.1 Å². The van der Waals surface area contributed by atoms with Crippen LogP contribution >= 0.6 is 0 Å². The number of hydrogen-bond donors (Lipinski definition) is 3. The molecule has 1 aromatic heterocycles. The standard InChI is InChI=1S/C7H7N3O/c8-6-5(11)2-1-4-7(6)10-3-9-4/h1-3,11H,8H2,(H,9,10). The number of imidazole rings is 1. The average molecular weight is 149 g/mol. The Hall–Kier alpha value is -1.71. The number of anilines is 1. The van der Waals surface area contributed by atoms with Crippen molar-refractivity contribution >= 4 is 16.7 Å². The van der Waals surface area contributed by atoms with Crippen molar-refractivity contribution in [2.75, 3.05) is 5.73 Å². The van der Waals surface area contributed by atoms with Crippen LogP contribution in [0, 0.1) is 0 Å². The molecule has 0 saturated carbocycles. The van der Waals surface area contributed by atoms with Gasteiger partial charge in [0.2, 0.25) is 0 Å². The maximum atomic E-state index is 9.16. The number of nitrogens with zero attached hydrogens (tertiary/aromatic N) is 1. The van der Waals surface area contributed by atoms with E-state index in [1.165, 1.54) is 6.07 Å². The number of phenols is 1. The molecule has 4 N–H and O–H groups in total. The number of nitrogen functional groups attached to an aromatic ring is 1. The largest absolute Gasteiger partial charge is 0.506 e. The van der Waals surface area contributed by atoms with E-state index in [-0.39, 0.29) is 5.75 Å². The number of aromatic hydroxyl groups is 1. The van der Waals surface area contributed by atoms with Gasteiger partial charge in [0.1, 0.15) is 17.0 Å². The van der Waals surface area contributed by atoms with E-state index in [9.17, 15) is 0 Å². The second-order valence-corrected chi connectivity index (χ2v) is 2.30. The van der Waals surface area contributed by atoms with Crippen molar-refractivity contribution in [3.63, 3.8) is 0 Å². The summed E-state index contributed by atoms with van der Waals surface area (Å²) in [6.45, 7) is 0. The minimum Gasteiger partial charge on any atom is -0.506 e. The van der Waals surface area contributed by atoms with Gasteiger partial charge in [-0.25, -0.2) is 4.98 Å². The summed E-state index contributed by atoms with van der Waals surface area (Å²) in [5.41, 5.74) is 7.30. The zero-order chi connectivity index (χ0) is 7.84. The molecule has 1 aromatic carbocycles. The van der Waals surface area contributed by atoms with Gasteiger partial charge < -0.3 is 15.8 Å². The fraction of sp³-hybridized carbons (Fsp3) is 0. The summed E-state index contributed by atoms with van der Waals surface area (Å²) in [6, 6.07) is 3.27. The summed E-state index contributed by atoms with van der Waals surface area (Å²) in [6.07, 6.45) is 1.54. The smallest absolute Gasteiger partial charge is 0.140 e. The molecule has 4 nitrogen and oxygen atoms in total. The second-order valence-electron chi connectivity index (χ2n) is 2.30. The fourth-order valence-corrected chi connectivity index (χ4v) is 1.02. The second kappa shape index (κ2) is 1.88. The first-order valence-corrected chi connectivity index (χ1v) is 3.19. The van der Waals surface area contributed by atoms with Gasteiger partial charge in [0.25, 0.3) is 0 Å². The molecule has 0 spiro atoms.